The molecule has 2 aromatic carbocycles. The molecule has 3 nitrogen and oxygen atoms in total. The number of aryl methyl sites for hydroxylation is 1. The highest BCUT2D eigenvalue weighted by molar-refractivity contribution is 5.92. The van der Waals surface area contributed by atoms with Gasteiger partial charge in [-0.25, -0.2) is 13.6 Å². The summed E-state index contributed by atoms with van der Waals surface area (Å²) in [5.41, 5.74) is 0.0327. The summed E-state index contributed by atoms with van der Waals surface area (Å²) in [6, 6.07) is 7.22. The van der Waals surface area contributed by atoms with Gasteiger partial charge in [0.2, 0.25) is 5.82 Å². The summed E-state index contributed by atoms with van der Waals surface area (Å²) in [6.45, 7) is 1.96. The molecule has 0 spiro atoms. The van der Waals surface area contributed by atoms with Crippen LogP contribution in [0.3, 0.4) is 0 Å². The third-order valence-corrected chi connectivity index (χ3v) is 3.23. The lowest BCUT2D eigenvalue weighted by molar-refractivity contribution is 0.0726. The van der Waals surface area contributed by atoms with Gasteiger partial charge in [0, 0.05) is 0 Å². The minimum Gasteiger partial charge on any atom is -0.491 e. The molecule has 0 aromatic heterocycles. The van der Waals surface area contributed by atoms with Gasteiger partial charge in [-0.2, -0.15) is 4.39 Å². The van der Waals surface area contributed by atoms with Crippen molar-refractivity contribution in [3.63, 3.8) is 0 Å². The lowest BCUT2D eigenvalue weighted by atomic mass is 10.1. The van der Waals surface area contributed by atoms with E-state index in [0.29, 0.717) is 12.5 Å². The van der Waals surface area contributed by atoms with Crippen molar-refractivity contribution in [3.05, 3.63) is 58.9 Å². The molecule has 0 heterocycles. The quantitative estimate of drug-likeness (QED) is 0.468. The van der Waals surface area contributed by atoms with Crippen LogP contribution in [0.15, 0.2) is 30.3 Å². The number of carbonyl (C=O) groups excluding carboxylic acids is 1. The van der Waals surface area contributed by atoms with Crippen LogP contribution in [0.4, 0.5) is 13.2 Å². The van der Waals surface area contributed by atoms with Crippen LogP contribution in [0.5, 0.6) is 11.5 Å². The molecule has 0 amide bonds. The zero-order valence-electron chi connectivity index (χ0n) is 12.7. The lowest BCUT2D eigenvalue weighted by Crippen LogP contribution is -2.14. The summed E-state index contributed by atoms with van der Waals surface area (Å²) in [5.74, 6) is -6.01. The molecule has 2 rings (SSSR count). The van der Waals surface area contributed by atoms with Crippen molar-refractivity contribution in [2.24, 2.45) is 0 Å². The first kappa shape index (κ1) is 16.9. The van der Waals surface area contributed by atoms with Gasteiger partial charge in [-0.15, -0.1) is 0 Å². The van der Waals surface area contributed by atoms with E-state index in [1.54, 1.807) is 24.3 Å². The fourth-order valence-electron chi connectivity index (χ4n) is 2.14. The van der Waals surface area contributed by atoms with Crippen LogP contribution in [0.2, 0.25) is 0 Å². The van der Waals surface area contributed by atoms with E-state index in [0.717, 1.165) is 19.1 Å². The van der Waals surface area contributed by atoms with Gasteiger partial charge in [-0.3, -0.25) is 0 Å². The van der Waals surface area contributed by atoms with Crippen molar-refractivity contribution in [2.45, 2.75) is 19.8 Å². The molecule has 0 atom stereocenters. The van der Waals surface area contributed by atoms with Crippen molar-refractivity contribution in [1.29, 1.82) is 0 Å². The smallest absolute Gasteiger partial charge is 0.346 e. The first-order chi connectivity index (χ1) is 11.0. The fraction of sp³-hybridized carbons (Fsp3) is 0.235. The molecular formula is C17H15F3O3. The summed E-state index contributed by atoms with van der Waals surface area (Å²) >= 11 is 0. The summed E-state index contributed by atoms with van der Waals surface area (Å²) in [4.78, 5) is 12.1. The van der Waals surface area contributed by atoms with Gasteiger partial charge in [0.15, 0.2) is 17.4 Å². The molecule has 0 saturated heterocycles. The molecule has 6 heteroatoms. The minimum atomic E-state index is -1.49. The number of carbonyl (C=O) groups is 1. The Morgan fingerprint density at radius 2 is 1.83 bits per heavy atom. The van der Waals surface area contributed by atoms with Crippen LogP contribution in [-0.2, 0) is 6.42 Å². The second kappa shape index (κ2) is 7.17. The van der Waals surface area contributed by atoms with E-state index in [4.69, 9.17) is 4.74 Å². The Labute approximate surface area is 131 Å². The zero-order chi connectivity index (χ0) is 17.0. The number of ether oxygens (including phenoxy) is 2. The number of esters is 1. The monoisotopic (exact) mass is 324 g/mol. The molecule has 122 valence electrons. The van der Waals surface area contributed by atoms with Gasteiger partial charge >= 0.3 is 5.97 Å². The third kappa shape index (κ3) is 3.47. The number of benzene rings is 2. The number of methoxy groups -OCH3 is 1. The van der Waals surface area contributed by atoms with Gasteiger partial charge in [0.1, 0.15) is 11.3 Å². The van der Waals surface area contributed by atoms with Crippen molar-refractivity contribution >= 4 is 5.97 Å². The van der Waals surface area contributed by atoms with E-state index < -0.39 is 34.7 Å². The Morgan fingerprint density at radius 3 is 2.48 bits per heavy atom. The maximum atomic E-state index is 14.1. The summed E-state index contributed by atoms with van der Waals surface area (Å²) in [5, 5.41) is 0. The Morgan fingerprint density at radius 1 is 1.13 bits per heavy atom. The van der Waals surface area contributed by atoms with E-state index in [2.05, 4.69) is 4.74 Å². The van der Waals surface area contributed by atoms with E-state index >= 15 is 0 Å². The van der Waals surface area contributed by atoms with Crippen LogP contribution in [0.1, 0.15) is 29.3 Å². The predicted octanol–water partition coefficient (Wildman–Crippen LogP) is 4.28. The normalized spacial score (nSPS) is 10.5. The molecule has 0 aliphatic rings. The topological polar surface area (TPSA) is 35.5 Å². The molecule has 23 heavy (non-hydrogen) atoms. The molecule has 0 aliphatic heterocycles. The van der Waals surface area contributed by atoms with Gasteiger partial charge < -0.3 is 9.47 Å². The maximum Gasteiger partial charge on any atom is 0.346 e. The molecule has 0 N–H and O–H groups in total. The number of hydrogen-bond acceptors (Lipinski definition) is 3. The van der Waals surface area contributed by atoms with Gasteiger partial charge in [-0.05, 0) is 24.1 Å². The molecule has 2 aromatic rings. The SMILES string of the molecule is CCCc1ccccc1OC(=O)c1cc(F)c(F)c(OC)c1F. The van der Waals surface area contributed by atoms with Crippen molar-refractivity contribution in [3.8, 4) is 11.5 Å². The van der Waals surface area contributed by atoms with Crippen molar-refractivity contribution in [2.75, 3.05) is 7.11 Å². The van der Waals surface area contributed by atoms with Crippen molar-refractivity contribution < 1.29 is 27.4 Å². The number of rotatable bonds is 5. The van der Waals surface area contributed by atoms with Gasteiger partial charge in [0.25, 0.3) is 0 Å². The van der Waals surface area contributed by atoms with Gasteiger partial charge in [-0.1, -0.05) is 31.5 Å². The standard InChI is InChI=1S/C17H15F3O3/c1-3-6-10-7-4-5-8-13(10)23-17(21)11-9-12(18)15(20)16(22-2)14(11)19/h4-5,7-9H,3,6H2,1-2H3. The van der Waals surface area contributed by atoms with E-state index in [9.17, 15) is 18.0 Å². The average Bonchev–Trinajstić information content (AvgIpc) is 2.53. The highest BCUT2D eigenvalue weighted by atomic mass is 19.2. The van der Waals surface area contributed by atoms with Gasteiger partial charge in [0.05, 0.1) is 7.11 Å². The first-order valence-corrected chi connectivity index (χ1v) is 7.01. The molecule has 0 bridgehead atoms. The second-order valence-corrected chi connectivity index (χ2v) is 4.81. The first-order valence-electron chi connectivity index (χ1n) is 7.01. The van der Waals surface area contributed by atoms with Crippen LogP contribution < -0.4 is 9.47 Å². The second-order valence-electron chi connectivity index (χ2n) is 4.81. The summed E-state index contributed by atoms with van der Waals surface area (Å²) < 4.78 is 50.6. The average molecular weight is 324 g/mol. The minimum absolute atomic E-state index is 0.252. The van der Waals surface area contributed by atoms with E-state index in [-0.39, 0.29) is 5.75 Å². The summed E-state index contributed by atoms with van der Waals surface area (Å²) in [7, 11) is 0.979. The maximum absolute atomic E-state index is 14.1. The van der Waals surface area contributed by atoms with E-state index in [1.807, 2.05) is 6.92 Å². The molecule has 0 aliphatic carbocycles. The molecule has 0 fully saturated rings. The van der Waals surface area contributed by atoms with E-state index in [1.165, 1.54) is 0 Å². The fourth-order valence-corrected chi connectivity index (χ4v) is 2.14. The Balaban J connectivity index is 2.37. The third-order valence-electron chi connectivity index (χ3n) is 3.23. The highest BCUT2D eigenvalue weighted by Gasteiger charge is 2.25. The Hall–Kier alpha value is -2.50. The Kier molecular flexibility index (Phi) is 5.26. The largest absolute Gasteiger partial charge is 0.491 e. The van der Waals surface area contributed by atoms with Crippen LogP contribution in [-0.4, -0.2) is 13.1 Å². The highest BCUT2D eigenvalue weighted by Crippen LogP contribution is 2.28. The number of halogens is 3. The predicted molar refractivity (Wildman–Crippen MR) is 78.3 cm³/mol. The van der Waals surface area contributed by atoms with Crippen molar-refractivity contribution in [1.82, 2.24) is 0 Å². The number of hydrogen-bond donors (Lipinski definition) is 0. The lowest BCUT2D eigenvalue weighted by Gasteiger charge is -2.11. The molecule has 0 unspecified atom stereocenters. The van der Waals surface area contributed by atoms with Crippen LogP contribution in [0.25, 0.3) is 0 Å². The van der Waals surface area contributed by atoms with Crippen LogP contribution >= 0.6 is 0 Å². The molecule has 0 radical (unpaired) electrons. The number of para-hydroxylation sites is 1. The Bertz CT molecular complexity index is 729. The zero-order valence-corrected chi connectivity index (χ0v) is 12.7. The molecular weight excluding hydrogens is 309 g/mol. The molecule has 0 saturated carbocycles. The summed E-state index contributed by atoms with van der Waals surface area (Å²) in [6.07, 6.45) is 1.48. The van der Waals surface area contributed by atoms with Crippen LogP contribution in [0, 0.1) is 17.5 Å².